The molecule has 0 spiro atoms. The van der Waals surface area contributed by atoms with Crippen molar-refractivity contribution in [1.82, 2.24) is 9.80 Å². The largest absolute Gasteiger partial charge is 0.465 e. The second-order valence-corrected chi connectivity index (χ2v) is 8.36. The van der Waals surface area contributed by atoms with Gasteiger partial charge in [0.15, 0.2) is 0 Å². The van der Waals surface area contributed by atoms with Gasteiger partial charge in [0.2, 0.25) is 5.91 Å². The van der Waals surface area contributed by atoms with Crippen molar-refractivity contribution in [3.05, 3.63) is 16.0 Å². The molecule has 0 radical (unpaired) electrons. The fourth-order valence-corrected chi connectivity index (χ4v) is 4.87. The highest BCUT2D eigenvalue weighted by atomic mass is 32.1. The molecule has 29 heavy (non-hydrogen) atoms. The lowest BCUT2D eigenvalue weighted by Crippen LogP contribution is -2.40. The number of carbonyl (C=O) groups excluding carboxylic acids is 5. The molecular formula is C19H23N3O6S. The number of urea groups is 1. The smallest absolute Gasteiger partial charge is 0.341 e. The maximum absolute atomic E-state index is 12.6. The summed E-state index contributed by atoms with van der Waals surface area (Å²) in [6, 6.07) is -1.31. The number of rotatable bonds is 5. The fraction of sp³-hybridized carbons (Fsp3) is 0.526. The van der Waals surface area contributed by atoms with E-state index >= 15 is 0 Å². The molecule has 10 heteroatoms. The van der Waals surface area contributed by atoms with Crippen LogP contribution in [0.3, 0.4) is 0 Å². The van der Waals surface area contributed by atoms with Gasteiger partial charge in [-0.05, 0) is 45.1 Å². The van der Waals surface area contributed by atoms with Crippen LogP contribution in [0.25, 0.3) is 0 Å². The molecule has 1 aliphatic carbocycles. The number of hydrogen-bond donors (Lipinski definition) is 1. The van der Waals surface area contributed by atoms with Crippen LogP contribution < -0.4 is 5.32 Å². The SMILES string of the molecule is COC(=O)c1c(NC(=O)CN2C(=O)C(=O)N(C(C)C)C2=O)sc2c1CCCCC2. The third-order valence-corrected chi connectivity index (χ3v) is 6.17. The van der Waals surface area contributed by atoms with E-state index in [0.29, 0.717) is 15.5 Å². The van der Waals surface area contributed by atoms with Crippen LogP contribution in [0.5, 0.6) is 0 Å². The summed E-state index contributed by atoms with van der Waals surface area (Å²) in [5, 5.41) is 2.98. The van der Waals surface area contributed by atoms with Gasteiger partial charge in [0.05, 0.1) is 12.7 Å². The van der Waals surface area contributed by atoms with Crippen molar-refractivity contribution in [2.24, 2.45) is 0 Å². The van der Waals surface area contributed by atoms with Crippen molar-refractivity contribution in [3.8, 4) is 0 Å². The second-order valence-electron chi connectivity index (χ2n) is 7.25. The van der Waals surface area contributed by atoms with Crippen LogP contribution in [0.2, 0.25) is 0 Å². The molecule has 1 N–H and O–H groups in total. The van der Waals surface area contributed by atoms with E-state index in [1.807, 2.05) is 0 Å². The molecule has 2 aliphatic rings. The Bertz CT molecular complexity index is 891. The zero-order valence-electron chi connectivity index (χ0n) is 16.6. The first-order valence-corrected chi connectivity index (χ1v) is 10.3. The van der Waals surface area contributed by atoms with Gasteiger partial charge in [-0.25, -0.2) is 14.5 Å². The zero-order valence-corrected chi connectivity index (χ0v) is 17.4. The van der Waals surface area contributed by atoms with Gasteiger partial charge in [-0.1, -0.05) is 6.42 Å². The number of imide groups is 2. The van der Waals surface area contributed by atoms with Crippen LogP contribution in [0.1, 0.15) is 53.9 Å². The normalized spacial score (nSPS) is 16.9. The van der Waals surface area contributed by atoms with Gasteiger partial charge in [0.25, 0.3) is 0 Å². The van der Waals surface area contributed by atoms with E-state index in [4.69, 9.17) is 4.74 Å². The van der Waals surface area contributed by atoms with Gasteiger partial charge in [-0.3, -0.25) is 19.3 Å². The Labute approximate surface area is 172 Å². The quantitative estimate of drug-likeness (QED) is 0.336. The Morgan fingerprint density at radius 2 is 1.79 bits per heavy atom. The predicted octanol–water partition coefficient (Wildman–Crippen LogP) is 1.94. The van der Waals surface area contributed by atoms with Crippen LogP contribution >= 0.6 is 11.3 Å². The number of thiophene rings is 1. The summed E-state index contributed by atoms with van der Waals surface area (Å²) in [5.41, 5.74) is 1.23. The topological polar surface area (TPSA) is 113 Å². The molecule has 0 bridgehead atoms. The van der Waals surface area contributed by atoms with Crippen molar-refractivity contribution in [2.45, 2.75) is 52.0 Å². The molecule has 1 saturated heterocycles. The minimum Gasteiger partial charge on any atom is -0.465 e. The molecule has 5 amide bonds. The van der Waals surface area contributed by atoms with Gasteiger partial charge >= 0.3 is 23.8 Å². The molecule has 2 heterocycles. The van der Waals surface area contributed by atoms with E-state index < -0.39 is 42.3 Å². The van der Waals surface area contributed by atoms with Gasteiger partial charge < -0.3 is 10.1 Å². The molecule has 3 rings (SSSR count). The number of methoxy groups -OCH3 is 1. The van der Waals surface area contributed by atoms with E-state index in [0.717, 1.165) is 47.4 Å². The monoisotopic (exact) mass is 421 g/mol. The van der Waals surface area contributed by atoms with Crippen LogP contribution in [-0.4, -0.2) is 59.2 Å². The molecule has 0 unspecified atom stereocenters. The molecule has 9 nitrogen and oxygen atoms in total. The Morgan fingerprint density at radius 1 is 1.10 bits per heavy atom. The fourth-order valence-electron chi connectivity index (χ4n) is 3.58. The summed E-state index contributed by atoms with van der Waals surface area (Å²) in [5.74, 6) is -3.18. The van der Waals surface area contributed by atoms with Crippen LogP contribution in [0, 0.1) is 0 Å². The van der Waals surface area contributed by atoms with E-state index in [1.54, 1.807) is 13.8 Å². The van der Waals surface area contributed by atoms with Crippen molar-refractivity contribution >= 4 is 46.1 Å². The van der Waals surface area contributed by atoms with Gasteiger partial charge in [0.1, 0.15) is 11.5 Å². The molecule has 0 saturated carbocycles. The Balaban J connectivity index is 1.81. The molecular weight excluding hydrogens is 398 g/mol. The zero-order chi connectivity index (χ0) is 21.3. The number of anilines is 1. The number of nitrogens with one attached hydrogen (secondary N) is 1. The van der Waals surface area contributed by atoms with E-state index in [9.17, 15) is 24.0 Å². The molecule has 156 valence electrons. The van der Waals surface area contributed by atoms with E-state index in [2.05, 4.69) is 5.32 Å². The molecule has 1 aromatic rings. The predicted molar refractivity (Wildman–Crippen MR) is 105 cm³/mol. The highest BCUT2D eigenvalue weighted by Crippen LogP contribution is 2.38. The summed E-state index contributed by atoms with van der Waals surface area (Å²) in [4.78, 5) is 63.8. The number of ether oxygens (including phenoxy) is 1. The van der Waals surface area contributed by atoms with Crippen molar-refractivity contribution < 1.29 is 28.7 Å². The number of hydrogen-bond acceptors (Lipinski definition) is 7. The number of esters is 1. The highest BCUT2D eigenvalue weighted by molar-refractivity contribution is 7.17. The highest BCUT2D eigenvalue weighted by Gasteiger charge is 2.46. The summed E-state index contributed by atoms with van der Waals surface area (Å²) >= 11 is 1.31. The van der Waals surface area contributed by atoms with Crippen LogP contribution in [-0.2, 0) is 32.0 Å². The maximum Gasteiger partial charge on any atom is 0.341 e. The number of amides is 5. The van der Waals surface area contributed by atoms with Crippen molar-refractivity contribution in [2.75, 3.05) is 19.0 Å². The average Bonchev–Trinajstić information content (AvgIpc) is 2.97. The lowest BCUT2D eigenvalue weighted by molar-refractivity contribution is -0.144. The summed E-state index contributed by atoms with van der Waals surface area (Å²) < 4.78 is 4.89. The lowest BCUT2D eigenvalue weighted by Gasteiger charge is -2.18. The first kappa shape index (κ1) is 21.0. The maximum atomic E-state index is 12.6. The number of aryl methyl sites for hydroxylation is 1. The minimum absolute atomic E-state index is 0.335. The molecule has 1 aliphatic heterocycles. The minimum atomic E-state index is -1.03. The summed E-state index contributed by atoms with van der Waals surface area (Å²) in [6.07, 6.45) is 4.58. The summed E-state index contributed by atoms with van der Waals surface area (Å²) in [6.45, 7) is 2.61. The first-order chi connectivity index (χ1) is 13.8. The third kappa shape index (κ3) is 3.89. The van der Waals surface area contributed by atoms with Crippen molar-refractivity contribution in [1.29, 1.82) is 0 Å². The molecule has 1 fully saturated rings. The van der Waals surface area contributed by atoms with Crippen LogP contribution in [0.4, 0.5) is 9.80 Å². The second kappa shape index (κ2) is 8.32. The lowest BCUT2D eigenvalue weighted by atomic mass is 10.1. The van der Waals surface area contributed by atoms with Crippen LogP contribution in [0.15, 0.2) is 0 Å². The first-order valence-electron chi connectivity index (χ1n) is 9.48. The standard InChI is InChI=1S/C19H23N3O6S/c1-10(2)22-17(25)16(24)21(19(22)27)9-13(23)20-15-14(18(26)28-3)11-7-5-4-6-8-12(11)29-15/h10H,4-9H2,1-3H3,(H,20,23). The average molecular weight is 421 g/mol. The number of nitrogens with zero attached hydrogens (tertiary/aromatic N) is 2. The number of fused-ring (bicyclic) bond motifs is 1. The van der Waals surface area contributed by atoms with Gasteiger partial charge in [0, 0.05) is 10.9 Å². The number of carbonyl (C=O) groups is 5. The van der Waals surface area contributed by atoms with E-state index in [-0.39, 0.29) is 0 Å². The Hall–Kier alpha value is -2.75. The molecule has 1 aromatic heterocycles. The van der Waals surface area contributed by atoms with E-state index in [1.165, 1.54) is 18.4 Å². The third-order valence-electron chi connectivity index (χ3n) is 4.97. The van der Waals surface area contributed by atoms with Crippen molar-refractivity contribution in [3.63, 3.8) is 0 Å². The Kier molecular flexibility index (Phi) is 6.02. The van der Waals surface area contributed by atoms with Gasteiger partial charge in [-0.15, -0.1) is 11.3 Å². The molecule has 0 aromatic carbocycles. The van der Waals surface area contributed by atoms with Gasteiger partial charge in [-0.2, -0.15) is 0 Å². The summed E-state index contributed by atoms with van der Waals surface area (Å²) in [7, 11) is 1.28. The Morgan fingerprint density at radius 3 is 2.41 bits per heavy atom. The molecule has 0 atom stereocenters.